The van der Waals surface area contributed by atoms with Crippen LogP contribution in [0.2, 0.25) is 0 Å². The average Bonchev–Trinajstić information content (AvgIpc) is 3.14. The summed E-state index contributed by atoms with van der Waals surface area (Å²) in [7, 11) is 1.77. The Morgan fingerprint density at radius 1 is 1.22 bits per heavy atom. The molecule has 0 amide bonds. The Kier molecular flexibility index (Phi) is 4.30. The van der Waals surface area contributed by atoms with Crippen LogP contribution in [0.15, 0.2) is 46.2 Å². The van der Waals surface area contributed by atoms with Crippen molar-refractivity contribution in [1.82, 2.24) is 0 Å². The van der Waals surface area contributed by atoms with Gasteiger partial charge in [-0.2, -0.15) is 0 Å². The van der Waals surface area contributed by atoms with Gasteiger partial charge in [0.1, 0.15) is 5.75 Å². The third-order valence-electron chi connectivity index (χ3n) is 3.35. The van der Waals surface area contributed by atoms with Crippen molar-refractivity contribution in [3.05, 3.63) is 41.8 Å². The second-order valence-electron chi connectivity index (χ2n) is 5.41. The maximum absolute atomic E-state index is 10.7. The maximum atomic E-state index is 10.7. The molecule has 0 spiro atoms. The Labute approximate surface area is 139 Å². The van der Waals surface area contributed by atoms with Gasteiger partial charge >= 0.3 is 0 Å². The zero-order valence-corrected chi connectivity index (χ0v) is 14.1. The van der Waals surface area contributed by atoms with E-state index in [1.807, 2.05) is 55.6 Å². The molecular formula is C18H19NO3S. The second-order valence-corrected chi connectivity index (χ2v) is 6.35. The third-order valence-corrected chi connectivity index (χ3v) is 4.22. The minimum atomic E-state index is 0.0913. The first kappa shape index (κ1) is 15.5. The van der Waals surface area contributed by atoms with E-state index >= 15 is 0 Å². The molecule has 0 fully saturated rings. The predicted molar refractivity (Wildman–Crippen MR) is 94.4 cm³/mol. The molecule has 5 heteroatoms. The van der Waals surface area contributed by atoms with E-state index in [9.17, 15) is 5.11 Å². The molecule has 0 atom stereocenters. The van der Waals surface area contributed by atoms with Crippen LogP contribution < -0.4 is 10.1 Å². The van der Waals surface area contributed by atoms with Gasteiger partial charge in [0, 0.05) is 7.05 Å². The molecule has 0 bridgehead atoms. The summed E-state index contributed by atoms with van der Waals surface area (Å²) < 4.78 is 11.6. The number of nitrogens with one attached hydrogen (secondary N) is 1. The number of hydrogen-bond acceptors (Lipinski definition) is 5. The van der Waals surface area contributed by atoms with E-state index in [0.717, 1.165) is 16.2 Å². The number of thiophene rings is 1. The average molecular weight is 329 g/mol. The summed E-state index contributed by atoms with van der Waals surface area (Å²) in [5.74, 6) is 1.92. The van der Waals surface area contributed by atoms with Crippen LogP contribution in [0.3, 0.4) is 0 Å². The Bertz CT molecular complexity index is 791. The van der Waals surface area contributed by atoms with E-state index < -0.39 is 0 Å². The molecule has 1 aromatic carbocycles. The summed E-state index contributed by atoms with van der Waals surface area (Å²) >= 11 is 1.52. The lowest BCUT2D eigenvalue weighted by molar-refractivity contribution is 0.242. The van der Waals surface area contributed by atoms with E-state index in [0.29, 0.717) is 17.2 Å². The van der Waals surface area contributed by atoms with Gasteiger partial charge < -0.3 is 19.6 Å². The Morgan fingerprint density at radius 3 is 2.70 bits per heavy atom. The fourth-order valence-electron chi connectivity index (χ4n) is 2.44. The second kappa shape index (κ2) is 6.38. The van der Waals surface area contributed by atoms with Gasteiger partial charge in [0.05, 0.1) is 16.5 Å². The van der Waals surface area contributed by atoms with Gasteiger partial charge in [-0.05, 0) is 43.0 Å². The molecule has 0 radical (unpaired) electrons. The van der Waals surface area contributed by atoms with Crippen LogP contribution in [0.1, 0.15) is 13.8 Å². The van der Waals surface area contributed by atoms with Crippen LogP contribution in [0.5, 0.6) is 11.5 Å². The summed E-state index contributed by atoms with van der Waals surface area (Å²) in [6.45, 7) is 3.96. The van der Waals surface area contributed by atoms with E-state index in [2.05, 4.69) is 5.32 Å². The normalized spacial score (nSPS) is 11.0. The zero-order chi connectivity index (χ0) is 16.4. The fraction of sp³-hybridized carbons (Fsp3) is 0.222. The summed E-state index contributed by atoms with van der Waals surface area (Å²) in [6, 6.07) is 11.5. The van der Waals surface area contributed by atoms with Crippen molar-refractivity contribution in [2.24, 2.45) is 0 Å². The molecule has 0 aliphatic carbocycles. The van der Waals surface area contributed by atoms with E-state index in [-0.39, 0.29) is 11.9 Å². The number of benzene rings is 1. The number of furan rings is 1. The van der Waals surface area contributed by atoms with Crippen LogP contribution in [-0.4, -0.2) is 18.3 Å². The summed E-state index contributed by atoms with van der Waals surface area (Å²) in [4.78, 5) is 0.889. The molecule has 3 rings (SSSR count). The van der Waals surface area contributed by atoms with Gasteiger partial charge in [-0.3, -0.25) is 0 Å². The summed E-state index contributed by atoms with van der Waals surface area (Å²) in [5.41, 5.74) is 1.49. The highest BCUT2D eigenvalue weighted by Crippen LogP contribution is 2.47. The van der Waals surface area contributed by atoms with Crippen LogP contribution in [0.25, 0.3) is 21.8 Å². The molecule has 120 valence electrons. The molecule has 3 aromatic rings. The molecule has 0 saturated heterocycles. The minimum absolute atomic E-state index is 0.0913. The number of ether oxygens (including phenoxy) is 1. The van der Waals surface area contributed by atoms with Gasteiger partial charge in [0.25, 0.3) is 0 Å². The van der Waals surface area contributed by atoms with Gasteiger partial charge in [-0.1, -0.05) is 18.2 Å². The number of hydrogen-bond donors (Lipinski definition) is 2. The van der Waals surface area contributed by atoms with Gasteiger partial charge in [-0.25, -0.2) is 0 Å². The molecule has 0 saturated carbocycles. The lowest BCUT2D eigenvalue weighted by Crippen LogP contribution is -2.05. The molecule has 23 heavy (non-hydrogen) atoms. The molecule has 2 aromatic heterocycles. The van der Waals surface area contributed by atoms with Crippen LogP contribution in [-0.2, 0) is 0 Å². The molecular weight excluding hydrogens is 310 g/mol. The number of aromatic hydroxyl groups is 1. The van der Waals surface area contributed by atoms with Crippen molar-refractivity contribution in [3.8, 4) is 33.3 Å². The molecule has 2 N–H and O–H groups in total. The molecule has 0 aliphatic heterocycles. The number of anilines is 1. The van der Waals surface area contributed by atoms with Gasteiger partial charge in [0.15, 0.2) is 11.5 Å². The first-order chi connectivity index (χ1) is 11.1. The lowest BCUT2D eigenvalue weighted by atomic mass is 10.1. The van der Waals surface area contributed by atoms with Crippen molar-refractivity contribution in [1.29, 1.82) is 0 Å². The van der Waals surface area contributed by atoms with Crippen LogP contribution >= 0.6 is 11.3 Å². The largest absolute Gasteiger partial charge is 0.504 e. The fourth-order valence-corrected chi connectivity index (χ4v) is 3.14. The SMILES string of the molecule is CNc1oc(-c2cccs2)c(O)c1-c1cccc(OC(C)C)c1. The highest BCUT2D eigenvalue weighted by molar-refractivity contribution is 7.13. The van der Waals surface area contributed by atoms with Gasteiger partial charge in [0.2, 0.25) is 5.88 Å². The smallest absolute Gasteiger partial charge is 0.205 e. The minimum Gasteiger partial charge on any atom is -0.504 e. The predicted octanol–water partition coefficient (Wildman–Crippen LogP) is 5.21. The zero-order valence-electron chi connectivity index (χ0n) is 13.3. The quantitative estimate of drug-likeness (QED) is 0.674. The molecule has 4 nitrogen and oxygen atoms in total. The third kappa shape index (κ3) is 3.05. The van der Waals surface area contributed by atoms with Crippen molar-refractivity contribution in [3.63, 3.8) is 0 Å². The standard InChI is InChI=1S/C18H19NO3S/c1-11(2)21-13-7-4-6-12(10-13)15-16(20)17(22-18(15)19-3)14-8-5-9-23-14/h4-11,19-20H,1-3H3. The summed E-state index contributed by atoms with van der Waals surface area (Å²) in [5, 5.41) is 15.6. The first-order valence-corrected chi connectivity index (χ1v) is 8.32. The van der Waals surface area contributed by atoms with E-state index in [1.165, 1.54) is 11.3 Å². The van der Waals surface area contributed by atoms with E-state index in [4.69, 9.17) is 9.15 Å². The van der Waals surface area contributed by atoms with Crippen molar-refractivity contribution in [2.45, 2.75) is 20.0 Å². The van der Waals surface area contributed by atoms with E-state index in [1.54, 1.807) is 7.05 Å². The topological polar surface area (TPSA) is 54.6 Å². The van der Waals surface area contributed by atoms with Gasteiger partial charge in [-0.15, -0.1) is 11.3 Å². The Morgan fingerprint density at radius 2 is 2.04 bits per heavy atom. The van der Waals surface area contributed by atoms with Crippen molar-refractivity contribution < 1.29 is 14.3 Å². The first-order valence-electron chi connectivity index (χ1n) is 7.44. The monoisotopic (exact) mass is 329 g/mol. The van der Waals surface area contributed by atoms with Crippen molar-refractivity contribution in [2.75, 3.05) is 12.4 Å². The maximum Gasteiger partial charge on any atom is 0.205 e. The van der Waals surface area contributed by atoms with Crippen LogP contribution in [0.4, 0.5) is 5.88 Å². The highest BCUT2D eigenvalue weighted by atomic mass is 32.1. The molecule has 0 aliphatic rings. The Hall–Kier alpha value is -2.40. The molecule has 2 heterocycles. The van der Waals surface area contributed by atoms with Crippen LogP contribution in [0, 0.1) is 0 Å². The number of rotatable bonds is 5. The molecule has 0 unspecified atom stereocenters. The van der Waals surface area contributed by atoms with Crippen molar-refractivity contribution >= 4 is 17.2 Å². The lowest BCUT2D eigenvalue weighted by Gasteiger charge is -2.11. The summed E-state index contributed by atoms with van der Waals surface area (Å²) in [6.07, 6.45) is 0.0913. The Balaban J connectivity index is 2.09. The highest BCUT2D eigenvalue weighted by Gasteiger charge is 2.22.